The van der Waals surface area contributed by atoms with Crippen molar-refractivity contribution in [2.75, 3.05) is 0 Å². The van der Waals surface area contributed by atoms with E-state index in [1.165, 1.54) is 35.0 Å². The van der Waals surface area contributed by atoms with Gasteiger partial charge in [-0.1, -0.05) is 38.8 Å². The summed E-state index contributed by atoms with van der Waals surface area (Å²) in [7, 11) is 0. The number of hydrogen-bond acceptors (Lipinski definition) is 3. The number of H-pyrrole nitrogens is 1. The molecule has 6 nitrogen and oxygen atoms in total. The number of pyridine rings is 1. The van der Waals surface area contributed by atoms with Crippen LogP contribution in [0.1, 0.15) is 68.5 Å². The van der Waals surface area contributed by atoms with Gasteiger partial charge in [-0.25, -0.2) is 0 Å². The minimum atomic E-state index is -0.576. The number of aromatic nitrogens is 2. The standard InChI is InChI=1S/C28H36N4O2/c1-3-5-9-19-12-14-24-22(17-19)21(23(30-24)11-6-4-2)13-15-25-27(33)32-26(28(34)31-25)18-20-10-7-8-16-29-20/h7-8,10,12,14,16-17,25-26,30H,3-6,9,11,13,15,18H2,1-2H3,(H,31,34)(H,32,33)/t25-,26-/m1/s1. The second-order valence-corrected chi connectivity index (χ2v) is 9.36. The third-order valence-corrected chi connectivity index (χ3v) is 6.75. The smallest absolute Gasteiger partial charge is 0.243 e. The fourth-order valence-electron chi connectivity index (χ4n) is 4.78. The van der Waals surface area contributed by atoms with Gasteiger partial charge < -0.3 is 15.6 Å². The summed E-state index contributed by atoms with van der Waals surface area (Å²) in [5.41, 5.74) is 5.87. The van der Waals surface area contributed by atoms with Crippen LogP contribution in [-0.2, 0) is 35.3 Å². The molecule has 0 aliphatic carbocycles. The molecular weight excluding hydrogens is 424 g/mol. The summed E-state index contributed by atoms with van der Waals surface area (Å²) in [5, 5.41) is 7.13. The number of benzene rings is 1. The summed E-state index contributed by atoms with van der Waals surface area (Å²) in [6.07, 6.45) is 10.1. The topological polar surface area (TPSA) is 86.9 Å². The van der Waals surface area contributed by atoms with Crippen LogP contribution in [0.5, 0.6) is 0 Å². The van der Waals surface area contributed by atoms with Crippen molar-refractivity contribution in [2.24, 2.45) is 0 Å². The Morgan fingerprint density at radius 3 is 2.41 bits per heavy atom. The van der Waals surface area contributed by atoms with E-state index in [4.69, 9.17) is 0 Å². The molecule has 1 saturated heterocycles. The molecule has 1 aliphatic heterocycles. The van der Waals surface area contributed by atoms with Gasteiger partial charge in [0, 0.05) is 34.9 Å². The van der Waals surface area contributed by atoms with Crippen LogP contribution in [0.3, 0.4) is 0 Å². The Morgan fingerprint density at radius 2 is 1.65 bits per heavy atom. The molecule has 1 aliphatic rings. The molecule has 34 heavy (non-hydrogen) atoms. The van der Waals surface area contributed by atoms with Gasteiger partial charge in [-0.15, -0.1) is 0 Å². The highest BCUT2D eigenvalue weighted by atomic mass is 16.2. The third-order valence-electron chi connectivity index (χ3n) is 6.75. The Hall–Kier alpha value is -3.15. The van der Waals surface area contributed by atoms with E-state index in [0.29, 0.717) is 12.8 Å². The van der Waals surface area contributed by atoms with Crippen molar-refractivity contribution in [3.8, 4) is 0 Å². The van der Waals surface area contributed by atoms with E-state index < -0.39 is 12.1 Å². The molecule has 0 radical (unpaired) electrons. The molecule has 1 aromatic carbocycles. The summed E-state index contributed by atoms with van der Waals surface area (Å²) in [6.45, 7) is 4.42. The van der Waals surface area contributed by atoms with Crippen LogP contribution in [-0.4, -0.2) is 33.9 Å². The summed E-state index contributed by atoms with van der Waals surface area (Å²) in [4.78, 5) is 33.5. The van der Waals surface area contributed by atoms with Crippen LogP contribution >= 0.6 is 0 Å². The van der Waals surface area contributed by atoms with Gasteiger partial charge >= 0.3 is 0 Å². The highest BCUT2D eigenvalue weighted by molar-refractivity contribution is 5.97. The first-order valence-electron chi connectivity index (χ1n) is 12.7. The first-order valence-corrected chi connectivity index (χ1v) is 12.7. The number of aromatic amines is 1. The molecule has 2 atom stereocenters. The van der Waals surface area contributed by atoms with Gasteiger partial charge in [-0.05, 0) is 73.9 Å². The monoisotopic (exact) mass is 460 g/mol. The second-order valence-electron chi connectivity index (χ2n) is 9.36. The van der Waals surface area contributed by atoms with Crippen LogP contribution in [0.25, 0.3) is 10.9 Å². The van der Waals surface area contributed by atoms with Crippen LogP contribution < -0.4 is 10.6 Å². The zero-order valence-electron chi connectivity index (χ0n) is 20.3. The Bertz CT molecular complexity index is 1120. The molecule has 2 aromatic heterocycles. The number of rotatable bonds is 11. The van der Waals surface area contributed by atoms with E-state index in [1.807, 2.05) is 18.2 Å². The SMILES string of the molecule is CCCCc1ccc2[nH]c(CCCC)c(CC[C@H]3NC(=O)[C@@H](Cc4ccccn4)NC3=O)c2c1. The number of carbonyl (C=O) groups is 2. The van der Waals surface area contributed by atoms with Crippen LogP contribution in [0, 0.1) is 0 Å². The van der Waals surface area contributed by atoms with Crippen molar-refractivity contribution in [2.45, 2.75) is 83.7 Å². The van der Waals surface area contributed by atoms with Gasteiger partial charge in [0.15, 0.2) is 0 Å². The fourth-order valence-corrected chi connectivity index (χ4v) is 4.78. The van der Waals surface area contributed by atoms with Crippen molar-refractivity contribution < 1.29 is 9.59 Å². The predicted octanol–water partition coefficient (Wildman–Crippen LogP) is 4.41. The number of nitrogens with zero attached hydrogens (tertiary/aromatic N) is 1. The molecule has 0 unspecified atom stereocenters. The Morgan fingerprint density at radius 1 is 0.882 bits per heavy atom. The molecule has 4 rings (SSSR count). The first kappa shape index (κ1) is 24.0. The molecule has 2 amide bonds. The number of amides is 2. The zero-order chi connectivity index (χ0) is 23.9. The molecule has 0 spiro atoms. The maximum atomic E-state index is 12.8. The number of hydrogen-bond donors (Lipinski definition) is 3. The van der Waals surface area contributed by atoms with E-state index in [9.17, 15) is 9.59 Å². The number of fused-ring (bicyclic) bond motifs is 1. The van der Waals surface area contributed by atoms with E-state index >= 15 is 0 Å². The molecule has 1 fully saturated rings. The lowest BCUT2D eigenvalue weighted by atomic mass is 9.96. The molecule has 3 aromatic rings. The maximum Gasteiger partial charge on any atom is 0.243 e. The van der Waals surface area contributed by atoms with Gasteiger partial charge in [0.1, 0.15) is 12.1 Å². The van der Waals surface area contributed by atoms with Crippen molar-refractivity contribution >= 4 is 22.7 Å². The molecule has 0 bridgehead atoms. The average molecular weight is 461 g/mol. The highest BCUT2D eigenvalue weighted by Crippen LogP contribution is 2.27. The highest BCUT2D eigenvalue weighted by Gasteiger charge is 2.33. The summed E-state index contributed by atoms with van der Waals surface area (Å²) >= 11 is 0. The number of unbranched alkanes of at least 4 members (excludes halogenated alkanes) is 2. The molecule has 3 heterocycles. The van der Waals surface area contributed by atoms with E-state index in [0.717, 1.165) is 43.3 Å². The fraction of sp³-hybridized carbons (Fsp3) is 0.464. The summed E-state index contributed by atoms with van der Waals surface area (Å²) < 4.78 is 0. The summed E-state index contributed by atoms with van der Waals surface area (Å²) in [6, 6.07) is 11.2. The lowest BCUT2D eigenvalue weighted by molar-refractivity contribution is -0.136. The molecule has 0 saturated carbocycles. The average Bonchev–Trinajstić information content (AvgIpc) is 3.19. The maximum absolute atomic E-state index is 12.8. The Balaban J connectivity index is 1.47. The third kappa shape index (κ3) is 5.66. The lowest BCUT2D eigenvalue weighted by Crippen LogP contribution is -2.62. The number of piperazine rings is 1. The van der Waals surface area contributed by atoms with Gasteiger partial charge in [-0.3, -0.25) is 14.6 Å². The largest absolute Gasteiger partial charge is 0.358 e. The lowest BCUT2D eigenvalue weighted by Gasteiger charge is -2.29. The van der Waals surface area contributed by atoms with Gasteiger partial charge in [-0.2, -0.15) is 0 Å². The Kier molecular flexibility index (Phi) is 7.99. The van der Waals surface area contributed by atoms with Crippen molar-refractivity contribution in [1.29, 1.82) is 0 Å². The number of nitrogens with one attached hydrogen (secondary N) is 3. The normalized spacial score (nSPS) is 18.2. The zero-order valence-corrected chi connectivity index (χ0v) is 20.3. The van der Waals surface area contributed by atoms with E-state index in [-0.39, 0.29) is 11.8 Å². The number of carbonyl (C=O) groups excluding carboxylic acids is 2. The predicted molar refractivity (Wildman–Crippen MR) is 136 cm³/mol. The van der Waals surface area contributed by atoms with Crippen molar-refractivity contribution in [3.63, 3.8) is 0 Å². The van der Waals surface area contributed by atoms with E-state index in [2.05, 4.69) is 52.6 Å². The van der Waals surface area contributed by atoms with Gasteiger partial charge in [0.05, 0.1) is 0 Å². The summed E-state index contributed by atoms with van der Waals surface area (Å²) in [5.74, 6) is -0.249. The van der Waals surface area contributed by atoms with Crippen molar-refractivity contribution in [1.82, 2.24) is 20.6 Å². The molecule has 180 valence electrons. The molecular formula is C28H36N4O2. The minimum absolute atomic E-state index is 0.112. The van der Waals surface area contributed by atoms with Crippen LogP contribution in [0.15, 0.2) is 42.6 Å². The Labute approximate surface area is 201 Å². The first-order chi connectivity index (χ1) is 16.6. The minimum Gasteiger partial charge on any atom is -0.358 e. The van der Waals surface area contributed by atoms with Gasteiger partial charge in [0.2, 0.25) is 11.8 Å². The van der Waals surface area contributed by atoms with Crippen LogP contribution in [0.2, 0.25) is 0 Å². The van der Waals surface area contributed by atoms with Crippen molar-refractivity contribution in [3.05, 3.63) is 65.1 Å². The molecule has 3 N–H and O–H groups in total. The number of aryl methyl sites for hydroxylation is 3. The van der Waals surface area contributed by atoms with Crippen LogP contribution in [0.4, 0.5) is 0 Å². The van der Waals surface area contributed by atoms with E-state index in [1.54, 1.807) is 6.20 Å². The molecule has 6 heteroatoms. The quantitative estimate of drug-likeness (QED) is 0.396. The second kappa shape index (κ2) is 11.3. The van der Waals surface area contributed by atoms with Gasteiger partial charge in [0.25, 0.3) is 0 Å².